The fourth-order valence-corrected chi connectivity index (χ4v) is 2.90. The summed E-state index contributed by atoms with van der Waals surface area (Å²) in [6, 6.07) is 15.9. The fraction of sp³-hybridized carbons (Fsp3) is 0.263. The van der Waals surface area contributed by atoms with E-state index < -0.39 is 0 Å². The van der Waals surface area contributed by atoms with Gasteiger partial charge in [0.2, 0.25) is 0 Å². The minimum atomic E-state index is -0.245. The van der Waals surface area contributed by atoms with Crippen LogP contribution in [0, 0.1) is 5.92 Å². The first-order valence-corrected chi connectivity index (χ1v) is 8.04. The molecule has 3 rings (SSSR count). The first kappa shape index (κ1) is 16.2. The van der Waals surface area contributed by atoms with E-state index in [1.165, 1.54) is 0 Å². The highest BCUT2D eigenvalue weighted by atomic mass is 16.3. The number of carbonyl (C=O) groups is 2. The maximum atomic E-state index is 12.7. The van der Waals surface area contributed by atoms with Crippen molar-refractivity contribution in [3.05, 3.63) is 65.7 Å². The van der Waals surface area contributed by atoms with Crippen molar-refractivity contribution in [2.24, 2.45) is 5.92 Å². The Hall–Kier alpha value is -2.66. The van der Waals surface area contributed by atoms with Crippen molar-refractivity contribution in [2.45, 2.75) is 6.42 Å². The zero-order chi connectivity index (χ0) is 16.9. The molecular formula is C19H20N2O3. The van der Waals surface area contributed by atoms with E-state index in [0.717, 1.165) is 6.42 Å². The number of hydrogen-bond donors (Lipinski definition) is 2. The minimum Gasteiger partial charge on any atom is -0.396 e. The number of para-hydroxylation sites is 1. The highest BCUT2D eigenvalue weighted by Gasteiger charge is 2.27. The Kier molecular flexibility index (Phi) is 4.91. The molecule has 0 radical (unpaired) electrons. The molecule has 24 heavy (non-hydrogen) atoms. The van der Waals surface area contributed by atoms with Gasteiger partial charge in [-0.05, 0) is 30.7 Å². The maximum Gasteiger partial charge on any atom is 0.255 e. The van der Waals surface area contributed by atoms with E-state index in [-0.39, 0.29) is 24.3 Å². The van der Waals surface area contributed by atoms with E-state index in [4.69, 9.17) is 0 Å². The predicted octanol–water partition coefficient (Wildman–Crippen LogP) is 2.39. The molecule has 0 saturated carbocycles. The zero-order valence-corrected chi connectivity index (χ0v) is 13.3. The molecule has 0 spiro atoms. The fourth-order valence-electron chi connectivity index (χ4n) is 2.90. The number of carbonyl (C=O) groups excluding carboxylic acids is 2. The van der Waals surface area contributed by atoms with E-state index in [2.05, 4.69) is 5.32 Å². The topological polar surface area (TPSA) is 69.6 Å². The molecule has 0 aliphatic carbocycles. The van der Waals surface area contributed by atoms with E-state index in [1.807, 2.05) is 6.07 Å². The molecule has 124 valence electrons. The molecule has 1 saturated heterocycles. The lowest BCUT2D eigenvalue weighted by Crippen LogP contribution is -2.30. The predicted molar refractivity (Wildman–Crippen MR) is 91.9 cm³/mol. The average Bonchev–Trinajstić information content (AvgIpc) is 3.11. The Morgan fingerprint density at radius 1 is 1.08 bits per heavy atom. The Bertz CT molecular complexity index is 730. The van der Waals surface area contributed by atoms with Gasteiger partial charge < -0.3 is 15.3 Å². The lowest BCUT2D eigenvalue weighted by atomic mass is 10.1. The minimum absolute atomic E-state index is 0.0934. The number of nitrogens with one attached hydrogen (secondary N) is 1. The molecule has 1 unspecified atom stereocenters. The van der Waals surface area contributed by atoms with Gasteiger partial charge in [0.05, 0.1) is 11.3 Å². The summed E-state index contributed by atoms with van der Waals surface area (Å²) in [5.74, 6) is -0.222. The molecule has 1 aliphatic heterocycles. The molecule has 2 amide bonds. The number of rotatable bonds is 4. The molecule has 0 aromatic heterocycles. The van der Waals surface area contributed by atoms with Crippen molar-refractivity contribution in [3.8, 4) is 0 Å². The van der Waals surface area contributed by atoms with Gasteiger partial charge in [-0.1, -0.05) is 30.3 Å². The number of amides is 2. The van der Waals surface area contributed by atoms with Crippen molar-refractivity contribution in [1.29, 1.82) is 0 Å². The Morgan fingerprint density at radius 2 is 1.79 bits per heavy atom. The standard InChI is InChI=1S/C19H20N2O3/c22-13-14-10-11-21(12-14)19(24)16-8-4-5-9-17(16)20-18(23)15-6-2-1-3-7-15/h1-9,14,22H,10-13H2,(H,20,23). The van der Waals surface area contributed by atoms with Crippen LogP contribution in [0.4, 0.5) is 5.69 Å². The molecule has 5 nitrogen and oxygen atoms in total. The molecule has 0 bridgehead atoms. The van der Waals surface area contributed by atoms with Crippen LogP contribution in [0.5, 0.6) is 0 Å². The molecule has 1 atom stereocenters. The summed E-state index contributed by atoms with van der Waals surface area (Å²) in [5, 5.41) is 12.1. The highest BCUT2D eigenvalue weighted by molar-refractivity contribution is 6.09. The van der Waals surface area contributed by atoms with E-state index in [9.17, 15) is 14.7 Å². The van der Waals surface area contributed by atoms with Gasteiger partial charge in [-0.2, -0.15) is 0 Å². The van der Waals surface area contributed by atoms with Gasteiger partial charge in [0.15, 0.2) is 0 Å². The zero-order valence-electron chi connectivity index (χ0n) is 13.3. The van der Waals surface area contributed by atoms with E-state index >= 15 is 0 Å². The second kappa shape index (κ2) is 7.27. The van der Waals surface area contributed by atoms with E-state index in [0.29, 0.717) is 29.9 Å². The third-order valence-electron chi connectivity index (χ3n) is 4.27. The van der Waals surface area contributed by atoms with Gasteiger partial charge in [-0.15, -0.1) is 0 Å². The van der Waals surface area contributed by atoms with Crippen molar-refractivity contribution >= 4 is 17.5 Å². The van der Waals surface area contributed by atoms with Crippen LogP contribution in [-0.2, 0) is 0 Å². The van der Waals surface area contributed by atoms with Crippen molar-refractivity contribution in [1.82, 2.24) is 4.90 Å². The van der Waals surface area contributed by atoms with Gasteiger partial charge in [0, 0.05) is 31.2 Å². The van der Waals surface area contributed by atoms with Gasteiger partial charge in [0.25, 0.3) is 11.8 Å². The molecule has 2 aromatic rings. The van der Waals surface area contributed by atoms with Crippen molar-refractivity contribution in [2.75, 3.05) is 25.0 Å². The van der Waals surface area contributed by atoms with Crippen LogP contribution in [-0.4, -0.2) is 41.5 Å². The van der Waals surface area contributed by atoms with Crippen molar-refractivity contribution < 1.29 is 14.7 Å². The van der Waals surface area contributed by atoms with Crippen LogP contribution < -0.4 is 5.32 Å². The molecule has 2 N–H and O–H groups in total. The lowest BCUT2D eigenvalue weighted by molar-refractivity contribution is 0.0783. The summed E-state index contributed by atoms with van der Waals surface area (Å²) in [6.07, 6.45) is 0.806. The number of hydrogen-bond acceptors (Lipinski definition) is 3. The molecular weight excluding hydrogens is 304 g/mol. The first-order valence-electron chi connectivity index (χ1n) is 8.04. The first-order chi connectivity index (χ1) is 11.7. The summed E-state index contributed by atoms with van der Waals surface area (Å²) in [4.78, 5) is 26.8. The lowest BCUT2D eigenvalue weighted by Gasteiger charge is -2.18. The number of aliphatic hydroxyl groups is 1. The summed E-state index contributed by atoms with van der Waals surface area (Å²) in [7, 11) is 0. The second-order valence-electron chi connectivity index (χ2n) is 5.95. The van der Waals surface area contributed by atoms with Gasteiger partial charge in [-0.25, -0.2) is 0 Å². The van der Waals surface area contributed by atoms with Crippen LogP contribution in [0.1, 0.15) is 27.1 Å². The Labute approximate surface area is 140 Å². The Balaban J connectivity index is 1.78. The number of nitrogens with zero attached hydrogens (tertiary/aromatic N) is 1. The van der Waals surface area contributed by atoms with Gasteiger partial charge >= 0.3 is 0 Å². The van der Waals surface area contributed by atoms with Crippen LogP contribution in [0.3, 0.4) is 0 Å². The average molecular weight is 324 g/mol. The van der Waals surface area contributed by atoms with Gasteiger partial charge in [-0.3, -0.25) is 9.59 Å². The highest BCUT2D eigenvalue weighted by Crippen LogP contribution is 2.23. The summed E-state index contributed by atoms with van der Waals surface area (Å²) >= 11 is 0. The molecule has 2 aromatic carbocycles. The Morgan fingerprint density at radius 3 is 2.50 bits per heavy atom. The largest absolute Gasteiger partial charge is 0.396 e. The molecule has 1 fully saturated rings. The van der Waals surface area contributed by atoms with E-state index in [1.54, 1.807) is 53.4 Å². The molecule has 1 heterocycles. The SMILES string of the molecule is O=C(Nc1ccccc1C(=O)N1CCC(CO)C1)c1ccccc1. The normalized spacial score (nSPS) is 16.9. The van der Waals surface area contributed by atoms with Crippen molar-refractivity contribution in [3.63, 3.8) is 0 Å². The summed E-state index contributed by atoms with van der Waals surface area (Å²) < 4.78 is 0. The number of benzene rings is 2. The van der Waals surface area contributed by atoms with Crippen LogP contribution in [0.15, 0.2) is 54.6 Å². The van der Waals surface area contributed by atoms with Crippen LogP contribution >= 0.6 is 0 Å². The summed E-state index contributed by atoms with van der Waals surface area (Å²) in [5.41, 5.74) is 1.52. The maximum absolute atomic E-state index is 12.7. The molecule has 5 heteroatoms. The number of likely N-dealkylation sites (tertiary alicyclic amines) is 1. The monoisotopic (exact) mass is 324 g/mol. The van der Waals surface area contributed by atoms with Crippen LogP contribution in [0.25, 0.3) is 0 Å². The molecule has 1 aliphatic rings. The van der Waals surface area contributed by atoms with Gasteiger partial charge in [0.1, 0.15) is 0 Å². The quantitative estimate of drug-likeness (QED) is 0.907. The summed E-state index contributed by atoms with van der Waals surface area (Å²) in [6.45, 7) is 1.28. The smallest absolute Gasteiger partial charge is 0.255 e. The van der Waals surface area contributed by atoms with Crippen LogP contribution in [0.2, 0.25) is 0 Å². The third kappa shape index (κ3) is 3.46. The third-order valence-corrected chi connectivity index (χ3v) is 4.27. The second-order valence-corrected chi connectivity index (χ2v) is 5.95. The number of anilines is 1. The number of aliphatic hydroxyl groups excluding tert-OH is 1.